The van der Waals surface area contributed by atoms with Gasteiger partial charge in [-0.25, -0.2) is 4.98 Å². The molecule has 3 aromatic rings. The number of pyridine rings is 1. The van der Waals surface area contributed by atoms with Gasteiger partial charge in [0.05, 0.1) is 11.0 Å². The van der Waals surface area contributed by atoms with Gasteiger partial charge in [0.25, 0.3) is 0 Å². The Morgan fingerprint density at radius 1 is 1.24 bits per heavy atom. The van der Waals surface area contributed by atoms with E-state index in [1.54, 1.807) is 0 Å². The minimum atomic E-state index is 0.548. The van der Waals surface area contributed by atoms with E-state index in [2.05, 4.69) is 21.5 Å². The largest absolute Gasteiger partial charge is 0.323 e. The molecule has 2 heterocycles. The van der Waals surface area contributed by atoms with Crippen LogP contribution in [-0.2, 0) is 13.0 Å². The van der Waals surface area contributed by atoms with Gasteiger partial charge in [-0.1, -0.05) is 11.6 Å². The van der Waals surface area contributed by atoms with Crippen molar-refractivity contribution >= 4 is 34.2 Å². The number of hydrogen-bond donors (Lipinski definition) is 0. The van der Waals surface area contributed by atoms with Crippen molar-refractivity contribution in [1.82, 2.24) is 14.5 Å². The standard InChI is InChI=1S/C16H15Cl2N3/c1-11-9-19-7-5-12(11)10-21-15-8-13(18)2-3-14(15)20-16(21)4-6-17/h2-3,5,7-9H,4,6,10H2,1H3. The molecular formula is C16H15Cl2N3. The van der Waals surface area contributed by atoms with Crippen molar-refractivity contribution in [2.45, 2.75) is 19.9 Å². The van der Waals surface area contributed by atoms with Crippen LogP contribution in [0.1, 0.15) is 17.0 Å². The lowest BCUT2D eigenvalue weighted by Gasteiger charge is -2.10. The van der Waals surface area contributed by atoms with E-state index in [0.29, 0.717) is 10.9 Å². The molecular weight excluding hydrogens is 305 g/mol. The van der Waals surface area contributed by atoms with Crippen LogP contribution in [0.2, 0.25) is 5.02 Å². The molecule has 0 aliphatic rings. The summed E-state index contributed by atoms with van der Waals surface area (Å²) in [7, 11) is 0. The van der Waals surface area contributed by atoms with E-state index >= 15 is 0 Å². The minimum absolute atomic E-state index is 0.548. The average molecular weight is 320 g/mol. The van der Waals surface area contributed by atoms with Gasteiger partial charge in [-0.3, -0.25) is 4.98 Å². The van der Waals surface area contributed by atoms with Crippen molar-refractivity contribution in [2.24, 2.45) is 0 Å². The van der Waals surface area contributed by atoms with Crippen LogP contribution in [0.15, 0.2) is 36.7 Å². The topological polar surface area (TPSA) is 30.7 Å². The van der Waals surface area contributed by atoms with Crippen LogP contribution in [-0.4, -0.2) is 20.4 Å². The number of alkyl halides is 1. The van der Waals surface area contributed by atoms with Crippen molar-refractivity contribution in [2.75, 3.05) is 5.88 Å². The zero-order chi connectivity index (χ0) is 14.8. The molecule has 2 aromatic heterocycles. The van der Waals surface area contributed by atoms with Gasteiger partial charge in [0, 0.05) is 36.3 Å². The lowest BCUT2D eigenvalue weighted by molar-refractivity contribution is 0.750. The lowest BCUT2D eigenvalue weighted by Crippen LogP contribution is -2.07. The highest BCUT2D eigenvalue weighted by Gasteiger charge is 2.12. The van der Waals surface area contributed by atoms with Crippen LogP contribution >= 0.6 is 23.2 Å². The summed E-state index contributed by atoms with van der Waals surface area (Å²) in [5.74, 6) is 1.53. The highest BCUT2D eigenvalue weighted by atomic mass is 35.5. The molecule has 108 valence electrons. The molecule has 0 fully saturated rings. The summed E-state index contributed by atoms with van der Waals surface area (Å²) in [6.45, 7) is 2.81. The second kappa shape index (κ2) is 6.04. The summed E-state index contributed by atoms with van der Waals surface area (Å²) in [6.07, 6.45) is 4.43. The Morgan fingerprint density at radius 3 is 2.86 bits per heavy atom. The molecule has 3 nitrogen and oxygen atoms in total. The Morgan fingerprint density at radius 2 is 2.10 bits per heavy atom. The van der Waals surface area contributed by atoms with Crippen molar-refractivity contribution in [3.63, 3.8) is 0 Å². The third-order valence-corrected chi connectivity index (χ3v) is 4.00. The van der Waals surface area contributed by atoms with Gasteiger partial charge in [0.1, 0.15) is 5.82 Å². The van der Waals surface area contributed by atoms with E-state index < -0.39 is 0 Å². The molecule has 0 N–H and O–H groups in total. The van der Waals surface area contributed by atoms with Crippen LogP contribution in [0.4, 0.5) is 0 Å². The second-order valence-electron chi connectivity index (χ2n) is 4.99. The molecule has 0 atom stereocenters. The number of fused-ring (bicyclic) bond motifs is 1. The lowest BCUT2D eigenvalue weighted by atomic mass is 10.1. The van der Waals surface area contributed by atoms with Gasteiger partial charge in [0.15, 0.2) is 0 Å². The number of benzene rings is 1. The van der Waals surface area contributed by atoms with Crippen LogP contribution in [0.3, 0.4) is 0 Å². The van der Waals surface area contributed by atoms with E-state index in [0.717, 1.165) is 29.8 Å². The smallest absolute Gasteiger partial charge is 0.111 e. The number of rotatable bonds is 4. The minimum Gasteiger partial charge on any atom is -0.323 e. The van der Waals surface area contributed by atoms with Gasteiger partial charge in [-0.05, 0) is 42.3 Å². The normalized spacial score (nSPS) is 11.2. The fourth-order valence-corrected chi connectivity index (χ4v) is 2.78. The van der Waals surface area contributed by atoms with Gasteiger partial charge in [-0.15, -0.1) is 11.6 Å². The van der Waals surface area contributed by atoms with Crippen LogP contribution < -0.4 is 0 Å². The monoisotopic (exact) mass is 319 g/mol. The quantitative estimate of drug-likeness (QED) is 0.674. The maximum absolute atomic E-state index is 6.13. The number of hydrogen-bond acceptors (Lipinski definition) is 2. The summed E-state index contributed by atoms with van der Waals surface area (Å²) in [6, 6.07) is 7.81. The summed E-state index contributed by atoms with van der Waals surface area (Å²) in [4.78, 5) is 8.82. The van der Waals surface area contributed by atoms with E-state index in [1.807, 2.05) is 36.7 Å². The van der Waals surface area contributed by atoms with Gasteiger partial charge < -0.3 is 4.57 Å². The zero-order valence-electron chi connectivity index (χ0n) is 11.7. The Labute approximate surface area is 133 Å². The van der Waals surface area contributed by atoms with E-state index in [1.165, 1.54) is 11.1 Å². The van der Waals surface area contributed by atoms with Crippen molar-refractivity contribution in [3.05, 3.63) is 58.6 Å². The van der Waals surface area contributed by atoms with Gasteiger partial charge in [-0.2, -0.15) is 0 Å². The molecule has 0 amide bonds. The molecule has 21 heavy (non-hydrogen) atoms. The molecule has 0 bridgehead atoms. The molecule has 0 radical (unpaired) electrons. The van der Waals surface area contributed by atoms with Crippen LogP contribution in [0.25, 0.3) is 11.0 Å². The first kappa shape index (κ1) is 14.4. The maximum atomic E-state index is 6.13. The molecule has 3 rings (SSSR count). The number of halogens is 2. The zero-order valence-corrected chi connectivity index (χ0v) is 13.2. The SMILES string of the molecule is Cc1cnccc1Cn1c(CCCl)nc2ccc(Cl)cc21. The molecule has 0 spiro atoms. The highest BCUT2D eigenvalue weighted by Crippen LogP contribution is 2.23. The third-order valence-electron chi connectivity index (χ3n) is 3.57. The molecule has 0 saturated heterocycles. The van der Waals surface area contributed by atoms with E-state index in [4.69, 9.17) is 23.2 Å². The fourth-order valence-electron chi connectivity index (χ4n) is 2.45. The van der Waals surface area contributed by atoms with E-state index in [-0.39, 0.29) is 0 Å². The fraction of sp³-hybridized carbons (Fsp3) is 0.250. The number of nitrogens with zero attached hydrogens (tertiary/aromatic N) is 3. The van der Waals surface area contributed by atoms with Crippen molar-refractivity contribution in [1.29, 1.82) is 0 Å². The first-order valence-corrected chi connectivity index (χ1v) is 7.70. The number of imidazole rings is 1. The summed E-state index contributed by atoms with van der Waals surface area (Å²) in [5.41, 5.74) is 4.38. The Kier molecular flexibility index (Phi) is 4.13. The van der Waals surface area contributed by atoms with E-state index in [9.17, 15) is 0 Å². The second-order valence-corrected chi connectivity index (χ2v) is 5.80. The third kappa shape index (κ3) is 2.89. The van der Waals surface area contributed by atoms with Crippen molar-refractivity contribution in [3.8, 4) is 0 Å². The molecule has 5 heteroatoms. The first-order valence-electron chi connectivity index (χ1n) is 6.79. The van der Waals surface area contributed by atoms with Crippen LogP contribution in [0.5, 0.6) is 0 Å². The molecule has 0 aliphatic heterocycles. The maximum Gasteiger partial charge on any atom is 0.111 e. The molecule has 0 saturated carbocycles. The number of aryl methyl sites for hydroxylation is 2. The summed E-state index contributed by atoms with van der Waals surface area (Å²) >= 11 is 12.0. The first-order chi connectivity index (χ1) is 10.2. The predicted molar refractivity (Wildman–Crippen MR) is 87.2 cm³/mol. The average Bonchev–Trinajstić information content (AvgIpc) is 2.79. The molecule has 0 aliphatic carbocycles. The molecule has 1 aromatic carbocycles. The Bertz CT molecular complexity index is 780. The predicted octanol–water partition coefficient (Wildman–Crippen LogP) is 4.22. The van der Waals surface area contributed by atoms with Gasteiger partial charge >= 0.3 is 0 Å². The summed E-state index contributed by atoms with van der Waals surface area (Å²) in [5, 5.41) is 0.715. The molecule has 0 unspecified atom stereocenters. The van der Waals surface area contributed by atoms with Crippen LogP contribution in [0, 0.1) is 6.92 Å². The van der Waals surface area contributed by atoms with Crippen molar-refractivity contribution < 1.29 is 0 Å². The van der Waals surface area contributed by atoms with Gasteiger partial charge in [0.2, 0.25) is 0 Å². The highest BCUT2D eigenvalue weighted by molar-refractivity contribution is 6.31. The Hall–Kier alpha value is -1.58. The number of aromatic nitrogens is 3. The Balaban J connectivity index is 2.12. The summed E-state index contributed by atoms with van der Waals surface area (Å²) < 4.78 is 2.19.